The molecule has 0 aromatic rings. The molecule has 0 N–H and O–H groups in total. The zero-order valence-corrected chi connectivity index (χ0v) is 13.0. The summed E-state index contributed by atoms with van der Waals surface area (Å²) >= 11 is 0. The van der Waals surface area contributed by atoms with Crippen LogP contribution in [0.2, 0.25) is 0 Å². The molecule has 0 aromatic heterocycles. The smallest absolute Gasteiger partial charge is 0.303 e. The highest BCUT2D eigenvalue weighted by Gasteiger charge is 2.44. The summed E-state index contributed by atoms with van der Waals surface area (Å²) < 4.78 is 20.7. The van der Waals surface area contributed by atoms with Crippen molar-refractivity contribution >= 4 is 23.7 Å². The van der Waals surface area contributed by atoms with E-state index in [0.29, 0.717) is 0 Å². The molecule has 1 rings (SSSR count). The number of esters is 3. The molecule has 0 unspecified atom stereocenters. The van der Waals surface area contributed by atoms with Gasteiger partial charge in [0.25, 0.3) is 0 Å². The summed E-state index contributed by atoms with van der Waals surface area (Å²) in [5.74, 6) is -1.97. The second-order valence-electron chi connectivity index (χ2n) is 5.03. The van der Waals surface area contributed by atoms with Gasteiger partial charge >= 0.3 is 17.9 Å². The predicted molar refractivity (Wildman–Crippen MR) is 71.7 cm³/mol. The average molecular weight is 316 g/mol. The molecule has 8 nitrogen and oxygen atoms in total. The minimum atomic E-state index is -0.948. The molecule has 1 aliphatic heterocycles. The molecule has 124 valence electrons. The summed E-state index contributed by atoms with van der Waals surface area (Å²) in [5, 5.41) is 0. The second-order valence-corrected chi connectivity index (χ2v) is 5.03. The van der Waals surface area contributed by atoms with Gasteiger partial charge in [-0.25, -0.2) is 0 Å². The van der Waals surface area contributed by atoms with Crippen LogP contribution >= 0.6 is 0 Å². The highest BCUT2D eigenvalue weighted by Crippen LogP contribution is 2.26. The van der Waals surface area contributed by atoms with Crippen molar-refractivity contribution in [3.8, 4) is 0 Å². The number of carbonyl (C=O) groups is 4. The highest BCUT2D eigenvalue weighted by molar-refractivity contribution is 5.80. The van der Waals surface area contributed by atoms with E-state index < -0.39 is 42.3 Å². The zero-order chi connectivity index (χ0) is 16.9. The van der Waals surface area contributed by atoms with Crippen LogP contribution in [0.1, 0.15) is 34.1 Å². The van der Waals surface area contributed by atoms with Crippen molar-refractivity contribution in [2.24, 2.45) is 0 Å². The third-order valence-electron chi connectivity index (χ3n) is 3.04. The van der Waals surface area contributed by atoms with Crippen LogP contribution in [0.4, 0.5) is 0 Å². The first kappa shape index (κ1) is 18.1. The summed E-state index contributed by atoms with van der Waals surface area (Å²) in [6, 6.07) is 0. The van der Waals surface area contributed by atoms with Gasteiger partial charge < -0.3 is 18.9 Å². The maximum absolute atomic E-state index is 11.6. The Morgan fingerprint density at radius 2 is 1.55 bits per heavy atom. The van der Waals surface area contributed by atoms with E-state index in [1.54, 1.807) is 0 Å². The fourth-order valence-electron chi connectivity index (χ4n) is 2.20. The van der Waals surface area contributed by atoms with Crippen molar-refractivity contribution in [2.45, 2.75) is 58.5 Å². The monoisotopic (exact) mass is 316 g/mol. The molecule has 1 fully saturated rings. The summed E-state index contributed by atoms with van der Waals surface area (Å²) in [6.07, 6.45) is -3.43. The highest BCUT2D eigenvalue weighted by atomic mass is 16.6. The van der Waals surface area contributed by atoms with Crippen LogP contribution in [-0.2, 0) is 38.1 Å². The molecule has 0 saturated carbocycles. The van der Waals surface area contributed by atoms with Crippen LogP contribution in [0, 0.1) is 0 Å². The Kier molecular flexibility index (Phi) is 6.48. The summed E-state index contributed by atoms with van der Waals surface area (Å²) in [4.78, 5) is 45.0. The lowest BCUT2D eigenvalue weighted by atomic mass is 9.96. The van der Waals surface area contributed by atoms with Gasteiger partial charge in [-0.3, -0.25) is 19.2 Å². The first-order chi connectivity index (χ1) is 10.2. The van der Waals surface area contributed by atoms with Crippen molar-refractivity contribution in [1.29, 1.82) is 0 Å². The van der Waals surface area contributed by atoms with Crippen molar-refractivity contribution < 1.29 is 38.1 Å². The average Bonchev–Trinajstić information content (AvgIpc) is 2.37. The lowest BCUT2D eigenvalue weighted by Gasteiger charge is -2.39. The van der Waals surface area contributed by atoms with Crippen molar-refractivity contribution in [3.05, 3.63) is 0 Å². The van der Waals surface area contributed by atoms with E-state index in [4.69, 9.17) is 18.9 Å². The van der Waals surface area contributed by atoms with Crippen LogP contribution in [0.15, 0.2) is 0 Å². The lowest BCUT2D eigenvalue weighted by molar-refractivity contribution is -0.213. The van der Waals surface area contributed by atoms with E-state index in [0.717, 1.165) is 0 Å². The molecule has 0 aliphatic carbocycles. The largest absolute Gasteiger partial charge is 0.463 e. The Labute approximate surface area is 128 Å². The maximum Gasteiger partial charge on any atom is 0.303 e. The van der Waals surface area contributed by atoms with E-state index in [1.165, 1.54) is 27.7 Å². The topological polar surface area (TPSA) is 105 Å². The summed E-state index contributed by atoms with van der Waals surface area (Å²) in [7, 11) is 0. The molecule has 1 aliphatic rings. The number of hydrogen-bond donors (Lipinski definition) is 0. The van der Waals surface area contributed by atoms with Crippen molar-refractivity contribution in [2.75, 3.05) is 6.61 Å². The molecule has 4 atom stereocenters. The Balaban J connectivity index is 2.96. The Morgan fingerprint density at radius 1 is 0.955 bits per heavy atom. The number of rotatable bonds is 5. The van der Waals surface area contributed by atoms with E-state index in [9.17, 15) is 19.2 Å². The Hall–Kier alpha value is -1.96. The molecule has 0 bridgehead atoms. The fourth-order valence-corrected chi connectivity index (χ4v) is 2.20. The summed E-state index contributed by atoms with van der Waals surface area (Å²) in [6.45, 7) is 4.75. The van der Waals surface area contributed by atoms with E-state index in [1.807, 2.05) is 0 Å². The fraction of sp³-hybridized carbons (Fsp3) is 0.714. The standard InChI is InChI=1S/C14H20O8/c1-7(15)11-5-12(20-9(3)17)14(21-10(4)18)13(22-11)6-19-8(2)16/h11-14H,5-6H2,1-4H3/t11-,12-,13-,14+/m1/s1. The predicted octanol–water partition coefficient (Wildman–Crippen LogP) is 0.159. The van der Waals surface area contributed by atoms with Crippen molar-refractivity contribution in [1.82, 2.24) is 0 Å². The van der Waals surface area contributed by atoms with Gasteiger partial charge in [-0.1, -0.05) is 0 Å². The van der Waals surface area contributed by atoms with Crippen LogP contribution < -0.4 is 0 Å². The lowest BCUT2D eigenvalue weighted by Crippen LogP contribution is -2.55. The zero-order valence-electron chi connectivity index (χ0n) is 13.0. The Morgan fingerprint density at radius 3 is 2.00 bits per heavy atom. The number of carbonyl (C=O) groups excluding carboxylic acids is 4. The molecule has 0 spiro atoms. The summed E-state index contributed by atoms with van der Waals surface area (Å²) in [5.41, 5.74) is 0. The number of ketones is 1. The second kappa shape index (κ2) is 7.88. The van der Waals surface area contributed by atoms with Crippen LogP contribution in [0.25, 0.3) is 0 Å². The Bertz CT molecular complexity index is 458. The molecule has 1 saturated heterocycles. The van der Waals surface area contributed by atoms with Gasteiger partial charge in [0.1, 0.15) is 24.9 Å². The molecular formula is C14H20O8. The third-order valence-corrected chi connectivity index (χ3v) is 3.04. The maximum atomic E-state index is 11.6. The quantitative estimate of drug-likeness (QED) is 0.521. The minimum Gasteiger partial charge on any atom is -0.463 e. The van der Waals surface area contributed by atoms with Crippen molar-refractivity contribution in [3.63, 3.8) is 0 Å². The van der Waals surface area contributed by atoms with Gasteiger partial charge in [-0.15, -0.1) is 0 Å². The molecule has 0 aromatic carbocycles. The van der Waals surface area contributed by atoms with Gasteiger partial charge in [0.05, 0.1) is 0 Å². The SMILES string of the molecule is CC(=O)OC[C@H]1O[C@@H](C(C)=O)C[C@@H](OC(C)=O)[C@@H]1OC(C)=O. The number of hydrogen-bond acceptors (Lipinski definition) is 8. The van der Waals surface area contributed by atoms with Gasteiger partial charge in [0.2, 0.25) is 0 Å². The first-order valence-corrected chi connectivity index (χ1v) is 6.84. The number of Topliss-reactive ketones (excluding diaryl/α,β-unsaturated/α-hetero) is 1. The van der Waals surface area contributed by atoms with Crippen LogP contribution in [-0.4, -0.2) is 54.7 Å². The van der Waals surface area contributed by atoms with Crippen LogP contribution in [0.3, 0.4) is 0 Å². The molecule has 22 heavy (non-hydrogen) atoms. The molecular weight excluding hydrogens is 296 g/mol. The molecule has 0 amide bonds. The molecule has 8 heteroatoms. The van der Waals surface area contributed by atoms with Gasteiger partial charge in [-0.2, -0.15) is 0 Å². The molecule has 1 heterocycles. The van der Waals surface area contributed by atoms with E-state index in [2.05, 4.69) is 0 Å². The first-order valence-electron chi connectivity index (χ1n) is 6.84. The van der Waals surface area contributed by atoms with Gasteiger partial charge in [0.15, 0.2) is 11.9 Å². The minimum absolute atomic E-state index is 0.0728. The van der Waals surface area contributed by atoms with Gasteiger partial charge in [0, 0.05) is 27.2 Å². The van der Waals surface area contributed by atoms with E-state index >= 15 is 0 Å². The van der Waals surface area contributed by atoms with Gasteiger partial charge in [-0.05, 0) is 6.92 Å². The molecule has 0 radical (unpaired) electrons. The third kappa shape index (κ3) is 5.44. The number of ether oxygens (including phenoxy) is 4. The van der Waals surface area contributed by atoms with E-state index in [-0.39, 0.29) is 18.8 Å². The normalized spacial score (nSPS) is 27.6. The van der Waals surface area contributed by atoms with Crippen LogP contribution in [0.5, 0.6) is 0 Å².